The normalized spacial score (nSPS) is 11.3. The number of hydrogen-bond donors (Lipinski definition) is 1. The Labute approximate surface area is 118 Å². The molecule has 0 aliphatic carbocycles. The van der Waals surface area contributed by atoms with Crippen LogP contribution in [0.3, 0.4) is 0 Å². The van der Waals surface area contributed by atoms with E-state index in [1.54, 1.807) is 37.3 Å². The van der Waals surface area contributed by atoms with Crippen LogP contribution in [0, 0.1) is 6.92 Å². The first-order chi connectivity index (χ1) is 9.44. The SMILES string of the molecule is COc1cccc(CS(=O)(=O)c2cccc(C)c2N)n1. The zero-order chi connectivity index (χ0) is 14.8. The van der Waals surface area contributed by atoms with Gasteiger partial charge in [-0.05, 0) is 24.6 Å². The molecule has 0 saturated carbocycles. The van der Waals surface area contributed by atoms with E-state index in [2.05, 4.69) is 4.98 Å². The predicted octanol–water partition coefficient (Wildman–Crippen LogP) is 1.95. The zero-order valence-electron chi connectivity index (χ0n) is 11.3. The van der Waals surface area contributed by atoms with Gasteiger partial charge in [-0.15, -0.1) is 0 Å². The zero-order valence-corrected chi connectivity index (χ0v) is 12.1. The Hall–Kier alpha value is -2.08. The maximum Gasteiger partial charge on any atom is 0.213 e. The number of aryl methyl sites for hydroxylation is 1. The molecular formula is C14H16N2O3S. The molecule has 0 atom stereocenters. The van der Waals surface area contributed by atoms with Crippen LogP contribution in [0.2, 0.25) is 0 Å². The monoisotopic (exact) mass is 292 g/mol. The molecule has 2 aromatic rings. The largest absolute Gasteiger partial charge is 0.481 e. The van der Waals surface area contributed by atoms with Crippen molar-refractivity contribution < 1.29 is 13.2 Å². The molecule has 0 fully saturated rings. The summed E-state index contributed by atoms with van der Waals surface area (Å²) < 4.78 is 29.8. The Morgan fingerprint density at radius 3 is 2.60 bits per heavy atom. The lowest BCUT2D eigenvalue weighted by molar-refractivity contribution is 0.396. The predicted molar refractivity (Wildman–Crippen MR) is 77.3 cm³/mol. The number of sulfone groups is 1. The lowest BCUT2D eigenvalue weighted by Gasteiger charge is -2.09. The number of anilines is 1. The average Bonchev–Trinajstić information content (AvgIpc) is 2.41. The fourth-order valence-electron chi connectivity index (χ4n) is 1.85. The average molecular weight is 292 g/mol. The molecule has 106 valence electrons. The number of aromatic nitrogens is 1. The molecule has 0 spiro atoms. The molecule has 5 nitrogen and oxygen atoms in total. The molecule has 2 rings (SSSR count). The number of pyridine rings is 1. The maximum atomic E-state index is 12.4. The number of methoxy groups -OCH3 is 1. The minimum Gasteiger partial charge on any atom is -0.481 e. The highest BCUT2D eigenvalue weighted by atomic mass is 32.2. The summed E-state index contributed by atoms with van der Waals surface area (Å²) in [4.78, 5) is 4.25. The van der Waals surface area contributed by atoms with Gasteiger partial charge in [-0.25, -0.2) is 13.4 Å². The molecule has 1 heterocycles. The molecule has 0 unspecified atom stereocenters. The van der Waals surface area contributed by atoms with Gasteiger partial charge in [-0.2, -0.15) is 0 Å². The van der Waals surface area contributed by atoms with Crippen molar-refractivity contribution in [2.24, 2.45) is 0 Å². The van der Waals surface area contributed by atoms with E-state index in [-0.39, 0.29) is 16.3 Å². The van der Waals surface area contributed by atoms with E-state index in [0.29, 0.717) is 11.6 Å². The first-order valence-electron chi connectivity index (χ1n) is 6.02. The molecule has 0 bridgehead atoms. The molecule has 0 aliphatic rings. The van der Waals surface area contributed by atoms with Crippen LogP contribution in [-0.4, -0.2) is 20.5 Å². The summed E-state index contributed by atoms with van der Waals surface area (Å²) in [6.45, 7) is 1.78. The van der Waals surface area contributed by atoms with Crippen LogP contribution < -0.4 is 10.5 Å². The molecule has 1 aromatic heterocycles. The van der Waals surface area contributed by atoms with Crippen LogP contribution >= 0.6 is 0 Å². The fraction of sp³-hybridized carbons (Fsp3) is 0.214. The van der Waals surface area contributed by atoms with E-state index >= 15 is 0 Å². The summed E-state index contributed by atoms with van der Waals surface area (Å²) in [7, 11) is -2.05. The van der Waals surface area contributed by atoms with Gasteiger partial charge >= 0.3 is 0 Å². The summed E-state index contributed by atoms with van der Waals surface area (Å²) in [5, 5.41) is 0. The van der Waals surface area contributed by atoms with Gasteiger partial charge in [0.2, 0.25) is 5.88 Å². The molecule has 6 heteroatoms. The lowest BCUT2D eigenvalue weighted by Crippen LogP contribution is -2.10. The van der Waals surface area contributed by atoms with Crippen molar-refractivity contribution in [3.63, 3.8) is 0 Å². The van der Waals surface area contributed by atoms with Crippen molar-refractivity contribution in [3.8, 4) is 5.88 Å². The van der Waals surface area contributed by atoms with Crippen LogP contribution in [0.5, 0.6) is 5.88 Å². The van der Waals surface area contributed by atoms with E-state index < -0.39 is 9.84 Å². The van der Waals surface area contributed by atoms with Gasteiger partial charge in [-0.3, -0.25) is 0 Å². The number of benzene rings is 1. The second-order valence-corrected chi connectivity index (χ2v) is 6.38. The smallest absolute Gasteiger partial charge is 0.213 e. The topological polar surface area (TPSA) is 82.3 Å². The minimum absolute atomic E-state index is 0.141. The van der Waals surface area contributed by atoms with E-state index in [4.69, 9.17) is 10.5 Å². The van der Waals surface area contributed by atoms with Crippen molar-refractivity contribution in [2.75, 3.05) is 12.8 Å². The third-order valence-corrected chi connectivity index (χ3v) is 4.65. The van der Waals surface area contributed by atoms with Crippen molar-refractivity contribution >= 4 is 15.5 Å². The molecule has 2 N–H and O–H groups in total. The Morgan fingerprint density at radius 1 is 1.20 bits per heavy atom. The number of nitrogens with zero attached hydrogens (tertiary/aromatic N) is 1. The van der Waals surface area contributed by atoms with E-state index in [1.165, 1.54) is 13.2 Å². The summed E-state index contributed by atoms with van der Waals surface area (Å²) in [5.74, 6) is 0.174. The van der Waals surface area contributed by atoms with Crippen LogP contribution in [0.4, 0.5) is 5.69 Å². The van der Waals surface area contributed by atoms with Crippen molar-refractivity contribution in [1.29, 1.82) is 0 Å². The number of para-hydroxylation sites is 1. The first kappa shape index (κ1) is 14.3. The molecule has 0 radical (unpaired) electrons. The fourth-order valence-corrected chi connectivity index (χ4v) is 3.34. The number of nitrogen functional groups attached to an aromatic ring is 1. The second-order valence-electron chi connectivity index (χ2n) is 4.42. The molecular weight excluding hydrogens is 276 g/mol. The number of ether oxygens (including phenoxy) is 1. The number of nitrogens with two attached hydrogens (primary N) is 1. The van der Waals surface area contributed by atoms with Crippen LogP contribution in [0.1, 0.15) is 11.3 Å². The summed E-state index contributed by atoms with van der Waals surface area (Å²) in [6.07, 6.45) is 0. The van der Waals surface area contributed by atoms with E-state index in [1.807, 2.05) is 0 Å². The van der Waals surface area contributed by atoms with Crippen molar-refractivity contribution in [1.82, 2.24) is 4.98 Å². The summed E-state index contributed by atoms with van der Waals surface area (Å²) in [5.41, 5.74) is 7.30. The molecule has 0 saturated heterocycles. The summed E-state index contributed by atoms with van der Waals surface area (Å²) in [6, 6.07) is 9.98. The highest BCUT2D eigenvalue weighted by molar-refractivity contribution is 7.90. The summed E-state index contributed by atoms with van der Waals surface area (Å²) >= 11 is 0. The highest BCUT2D eigenvalue weighted by Crippen LogP contribution is 2.25. The van der Waals surface area contributed by atoms with Gasteiger partial charge < -0.3 is 10.5 Å². The highest BCUT2D eigenvalue weighted by Gasteiger charge is 2.20. The van der Waals surface area contributed by atoms with Crippen LogP contribution in [0.25, 0.3) is 0 Å². The van der Waals surface area contributed by atoms with Crippen LogP contribution in [0.15, 0.2) is 41.3 Å². The van der Waals surface area contributed by atoms with Gasteiger partial charge in [-0.1, -0.05) is 18.2 Å². The molecule has 20 heavy (non-hydrogen) atoms. The van der Waals surface area contributed by atoms with Crippen molar-refractivity contribution in [2.45, 2.75) is 17.6 Å². The third-order valence-electron chi connectivity index (χ3n) is 2.95. The van der Waals surface area contributed by atoms with Gasteiger partial charge in [0, 0.05) is 6.07 Å². The lowest BCUT2D eigenvalue weighted by atomic mass is 10.2. The molecule has 0 aliphatic heterocycles. The maximum absolute atomic E-state index is 12.4. The Balaban J connectivity index is 2.38. The second kappa shape index (κ2) is 5.50. The number of rotatable bonds is 4. The Bertz CT molecular complexity index is 727. The molecule has 1 aromatic carbocycles. The molecule has 0 amide bonds. The Kier molecular flexibility index (Phi) is 3.94. The third kappa shape index (κ3) is 2.91. The van der Waals surface area contributed by atoms with Crippen LogP contribution in [-0.2, 0) is 15.6 Å². The van der Waals surface area contributed by atoms with Gasteiger partial charge in [0.1, 0.15) is 0 Å². The van der Waals surface area contributed by atoms with E-state index in [0.717, 1.165) is 5.56 Å². The first-order valence-corrected chi connectivity index (χ1v) is 7.67. The number of hydrogen-bond acceptors (Lipinski definition) is 5. The van der Waals surface area contributed by atoms with Gasteiger partial charge in [0.05, 0.1) is 29.1 Å². The van der Waals surface area contributed by atoms with E-state index in [9.17, 15) is 8.42 Å². The Morgan fingerprint density at radius 2 is 1.90 bits per heavy atom. The minimum atomic E-state index is -3.53. The van der Waals surface area contributed by atoms with Gasteiger partial charge in [0.15, 0.2) is 9.84 Å². The quantitative estimate of drug-likeness (QED) is 0.871. The van der Waals surface area contributed by atoms with Crippen molar-refractivity contribution in [3.05, 3.63) is 47.7 Å². The van der Waals surface area contributed by atoms with Gasteiger partial charge in [0.25, 0.3) is 0 Å². The standard InChI is InChI=1S/C14H16N2O3S/c1-10-5-3-7-12(14(10)15)20(17,18)9-11-6-4-8-13(16-11)19-2/h3-8H,9,15H2,1-2H3.